The van der Waals surface area contributed by atoms with Crippen molar-refractivity contribution in [3.63, 3.8) is 0 Å². The van der Waals surface area contributed by atoms with Crippen LogP contribution in [-0.4, -0.2) is 30.6 Å². The molecule has 28 heavy (non-hydrogen) atoms. The molecule has 0 bridgehead atoms. The van der Waals surface area contributed by atoms with E-state index in [2.05, 4.69) is 65.6 Å². The number of piperidine rings is 1. The molecule has 144 valence electrons. The summed E-state index contributed by atoms with van der Waals surface area (Å²) in [6.45, 7) is 3.04. The van der Waals surface area contributed by atoms with Crippen LogP contribution in [0.2, 0.25) is 0 Å². The molecule has 0 amide bonds. The molecule has 3 aromatic carbocycles. The summed E-state index contributed by atoms with van der Waals surface area (Å²) in [7, 11) is 0. The molecular weight excluding hydrogens is 349 g/mol. The molecule has 4 rings (SSSR count). The highest BCUT2D eigenvalue weighted by atomic mass is 19.1. The number of halogens is 1. The Morgan fingerprint density at radius 1 is 0.857 bits per heavy atom. The predicted octanol–water partition coefficient (Wildman–Crippen LogP) is 5.31. The van der Waals surface area contributed by atoms with Crippen molar-refractivity contribution in [2.45, 2.75) is 24.9 Å². The Morgan fingerprint density at radius 2 is 1.54 bits per heavy atom. The SMILES string of the molecule is Fc1ccc(O[C@H]2CCN(CCc3ccccc3)C[C@@H]2c2ccccc2)cc1. The van der Waals surface area contributed by atoms with Crippen molar-refractivity contribution in [2.24, 2.45) is 0 Å². The van der Waals surface area contributed by atoms with Crippen molar-refractivity contribution >= 4 is 0 Å². The van der Waals surface area contributed by atoms with Crippen molar-refractivity contribution in [1.29, 1.82) is 0 Å². The minimum atomic E-state index is -0.234. The van der Waals surface area contributed by atoms with Crippen LogP contribution in [0.25, 0.3) is 0 Å². The molecule has 2 nitrogen and oxygen atoms in total. The van der Waals surface area contributed by atoms with Crippen LogP contribution in [0.5, 0.6) is 5.75 Å². The zero-order chi connectivity index (χ0) is 19.2. The number of nitrogens with zero attached hydrogens (tertiary/aromatic N) is 1. The monoisotopic (exact) mass is 375 g/mol. The summed E-state index contributed by atoms with van der Waals surface area (Å²) in [5.74, 6) is 0.809. The molecule has 1 aliphatic rings. The van der Waals surface area contributed by atoms with Crippen molar-refractivity contribution < 1.29 is 9.13 Å². The molecule has 3 aromatic rings. The first-order chi connectivity index (χ1) is 13.8. The zero-order valence-corrected chi connectivity index (χ0v) is 16.0. The Balaban J connectivity index is 1.46. The summed E-state index contributed by atoms with van der Waals surface area (Å²) < 4.78 is 19.5. The average molecular weight is 375 g/mol. The van der Waals surface area contributed by atoms with Crippen LogP contribution in [0.15, 0.2) is 84.9 Å². The number of hydrogen-bond acceptors (Lipinski definition) is 2. The molecule has 0 spiro atoms. The summed E-state index contributed by atoms with van der Waals surface area (Å²) in [5, 5.41) is 0. The second kappa shape index (κ2) is 9.03. The highest BCUT2D eigenvalue weighted by Crippen LogP contribution is 2.31. The molecule has 0 N–H and O–H groups in total. The van der Waals surface area contributed by atoms with Gasteiger partial charge in [-0.15, -0.1) is 0 Å². The van der Waals surface area contributed by atoms with E-state index >= 15 is 0 Å². The van der Waals surface area contributed by atoms with Gasteiger partial charge in [-0.3, -0.25) is 0 Å². The van der Waals surface area contributed by atoms with E-state index in [9.17, 15) is 4.39 Å². The number of rotatable bonds is 6. The topological polar surface area (TPSA) is 12.5 Å². The number of benzene rings is 3. The van der Waals surface area contributed by atoms with Crippen molar-refractivity contribution in [1.82, 2.24) is 4.90 Å². The quantitative estimate of drug-likeness (QED) is 0.579. The van der Waals surface area contributed by atoms with E-state index in [1.54, 1.807) is 12.1 Å². The average Bonchev–Trinajstić information content (AvgIpc) is 2.76. The van der Waals surface area contributed by atoms with Gasteiger partial charge in [-0.1, -0.05) is 60.7 Å². The van der Waals surface area contributed by atoms with Crippen LogP contribution < -0.4 is 4.74 Å². The van der Waals surface area contributed by atoms with Gasteiger partial charge in [-0.25, -0.2) is 4.39 Å². The molecule has 2 atom stereocenters. The lowest BCUT2D eigenvalue weighted by atomic mass is 9.87. The molecule has 0 unspecified atom stereocenters. The van der Waals surface area contributed by atoms with Gasteiger partial charge in [0.05, 0.1) is 0 Å². The standard InChI is InChI=1S/C25H26FNO/c26-22-11-13-23(14-12-22)28-25-16-18-27(17-15-20-7-3-1-4-8-20)19-24(25)21-9-5-2-6-10-21/h1-14,24-25H,15-19H2/t24-,25+/m1/s1. The molecule has 1 aliphatic heterocycles. The Morgan fingerprint density at radius 3 is 2.25 bits per heavy atom. The number of ether oxygens (including phenoxy) is 1. The van der Waals surface area contributed by atoms with Gasteiger partial charge >= 0.3 is 0 Å². The van der Waals surface area contributed by atoms with Crippen LogP contribution in [0.3, 0.4) is 0 Å². The van der Waals surface area contributed by atoms with Gasteiger partial charge in [0.1, 0.15) is 17.7 Å². The molecule has 0 saturated carbocycles. The first kappa shape index (κ1) is 18.7. The molecule has 1 saturated heterocycles. The third kappa shape index (κ3) is 4.79. The normalized spacial score (nSPS) is 20.0. The van der Waals surface area contributed by atoms with E-state index in [0.29, 0.717) is 5.92 Å². The van der Waals surface area contributed by atoms with Crippen LogP contribution in [-0.2, 0) is 6.42 Å². The molecule has 1 fully saturated rings. The fourth-order valence-electron chi connectivity index (χ4n) is 3.98. The summed E-state index contributed by atoms with van der Waals surface area (Å²) >= 11 is 0. The minimum Gasteiger partial charge on any atom is -0.490 e. The van der Waals surface area contributed by atoms with Crippen molar-refractivity contribution in [2.75, 3.05) is 19.6 Å². The number of likely N-dealkylation sites (tertiary alicyclic amines) is 1. The summed E-state index contributed by atoms with van der Waals surface area (Å²) in [6, 6.07) is 27.6. The lowest BCUT2D eigenvalue weighted by Gasteiger charge is -2.39. The molecule has 3 heteroatoms. The largest absolute Gasteiger partial charge is 0.490 e. The highest BCUT2D eigenvalue weighted by Gasteiger charge is 2.31. The van der Waals surface area contributed by atoms with Crippen LogP contribution in [0.4, 0.5) is 4.39 Å². The Bertz CT molecular complexity index is 851. The van der Waals surface area contributed by atoms with Crippen LogP contribution >= 0.6 is 0 Å². The predicted molar refractivity (Wildman–Crippen MR) is 111 cm³/mol. The first-order valence-corrected chi connectivity index (χ1v) is 10.0. The third-order valence-corrected chi connectivity index (χ3v) is 5.52. The Hall–Kier alpha value is -2.65. The van der Waals surface area contributed by atoms with E-state index in [1.165, 1.54) is 23.3 Å². The van der Waals surface area contributed by atoms with E-state index in [-0.39, 0.29) is 11.9 Å². The van der Waals surface area contributed by atoms with E-state index in [4.69, 9.17) is 4.74 Å². The smallest absolute Gasteiger partial charge is 0.123 e. The van der Waals surface area contributed by atoms with Crippen LogP contribution in [0.1, 0.15) is 23.5 Å². The van der Waals surface area contributed by atoms with E-state index in [1.807, 2.05) is 0 Å². The maximum absolute atomic E-state index is 13.2. The first-order valence-electron chi connectivity index (χ1n) is 10.0. The maximum atomic E-state index is 13.2. The zero-order valence-electron chi connectivity index (χ0n) is 16.0. The molecule has 0 aliphatic carbocycles. The molecule has 0 aromatic heterocycles. The van der Waals surface area contributed by atoms with Gasteiger partial charge in [0, 0.05) is 25.6 Å². The second-order valence-electron chi connectivity index (χ2n) is 7.45. The fourth-order valence-corrected chi connectivity index (χ4v) is 3.98. The summed E-state index contributed by atoms with van der Waals surface area (Å²) in [5.41, 5.74) is 2.68. The van der Waals surface area contributed by atoms with E-state index < -0.39 is 0 Å². The van der Waals surface area contributed by atoms with Gasteiger partial charge in [0.2, 0.25) is 0 Å². The third-order valence-electron chi connectivity index (χ3n) is 5.52. The number of hydrogen-bond donors (Lipinski definition) is 0. The van der Waals surface area contributed by atoms with E-state index in [0.717, 1.165) is 38.2 Å². The maximum Gasteiger partial charge on any atom is 0.123 e. The fraction of sp³-hybridized carbons (Fsp3) is 0.280. The van der Waals surface area contributed by atoms with Gasteiger partial charge in [0.25, 0.3) is 0 Å². The van der Waals surface area contributed by atoms with Gasteiger partial charge in [-0.2, -0.15) is 0 Å². The minimum absolute atomic E-state index is 0.0980. The van der Waals surface area contributed by atoms with Gasteiger partial charge < -0.3 is 9.64 Å². The molecule has 0 radical (unpaired) electrons. The van der Waals surface area contributed by atoms with Crippen molar-refractivity contribution in [3.8, 4) is 5.75 Å². The van der Waals surface area contributed by atoms with Gasteiger partial charge in [-0.05, 0) is 48.2 Å². The highest BCUT2D eigenvalue weighted by molar-refractivity contribution is 5.26. The summed E-state index contributed by atoms with van der Waals surface area (Å²) in [6.07, 6.45) is 2.12. The van der Waals surface area contributed by atoms with Gasteiger partial charge in [0.15, 0.2) is 0 Å². The lowest BCUT2D eigenvalue weighted by Crippen LogP contribution is -2.44. The molecule has 1 heterocycles. The van der Waals surface area contributed by atoms with Crippen LogP contribution in [0, 0.1) is 5.82 Å². The second-order valence-corrected chi connectivity index (χ2v) is 7.45. The Kier molecular flexibility index (Phi) is 6.03. The van der Waals surface area contributed by atoms with Crippen molar-refractivity contribution in [3.05, 3.63) is 102 Å². The summed E-state index contributed by atoms with van der Waals surface area (Å²) in [4.78, 5) is 2.54. The Labute approximate surface area is 166 Å². The lowest BCUT2D eigenvalue weighted by molar-refractivity contribution is 0.0782. The molecular formula is C25H26FNO.